The Hall–Kier alpha value is -3.59. The van der Waals surface area contributed by atoms with Crippen LogP contribution in [0.15, 0.2) is 48.8 Å². The summed E-state index contributed by atoms with van der Waals surface area (Å²) in [4.78, 5) is 20.7. The van der Waals surface area contributed by atoms with E-state index in [1.807, 2.05) is 31.2 Å². The van der Waals surface area contributed by atoms with Crippen molar-refractivity contribution in [2.75, 3.05) is 36.5 Å². The van der Waals surface area contributed by atoms with Gasteiger partial charge in [-0.25, -0.2) is 9.37 Å². The van der Waals surface area contributed by atoms with Gasteiger partial charge in [0.05, 0.1) is 31.1 Å². The van der Waals surface area contributed by atoms with Gasteiger partial charge >= 0.3 is 0 Å². The number of pyridine rings is 1. The Labute approximate surface area is 178 Å². The number of nitrogens with one attached hydrogen (secondary N) is 1. The first kappa shape index (κ1) is 19.4. The fourth-order valence-corrected chi connectivity index (χ4v) is 3.60. The third-order valence-electron chi connectivity index (χ3n) is 5.15. The zero-order valence-corrected chi connectivity index (χ0v) is 17.1. The zero-order chi connectivity index (χ0) is 21.2. The molecule has 3 aromatic heterocycles. The Balaban J connectivity index is 1.57. The van der Waals surface area contributed by atoms with E-state index in [1.54, 1.807) is 17.0 Å². The highest BCUT2D eigenvalue weighted by Crippen LogP contribution is 2.26. The summed E-state index contributed by atoms with van der Waals surface area (Å²) in [7, 11) is 0. The molecule has 1 aliphatic rings. The Morgan fingerprint density at radius 1 is 1.06 bits per heavy atom. The van der Waals surface area contributed by atoms with E-state index in [0.29, 0.717) is 61.5 Å². The largest absolute Gasteiger partial charge is 0.378 e. The summed E-state index contributed by atoms with van der Waals surface area (Å²) in [5.41, 5.74) is 3.75. The SMILES string of the molecule is Cc1cccc(CNc2nc(N3CCOCC3)nc3c2ncn3-c2cccc(F)c2)n1. The molecule has 8 nitrogen and oxygen atoms in total. The molecule has 0 unspecified atom stereocenters. The van der Waals surface area contributed by atoms with Crippen LogP contribution in [-0.2, 0) is 11.3 Å². The summed E-state index contributed by atoms with van der Waals surface area (Å²) in [6.45, 7) is 5.13. The summed E-state index contributed by atoms with van der Waals surface area (Å²) in [6, 6.07) is 12.3. The Morgan fingerprint density at radius 3 is 2.71 bits per heavy atom. The predicted molar refractivity (Wildman–Crippen MR) is 116 cm³/mol. The molecule has 4 heterocycles. The van der Waals surface area contributed by atoms with E-state index in [2.05, 4.69) is 20.2 Å². The maximum atomic E-state index is 13.8. The van der Waals surface area contributed by atoms with Gasteiger partial charge < -0.3 is 15.0 Å². The number of halogens is 1. The minimum absolute atomic E-state index is 0.314. The van der Waals surface area contributed by atoms with E-state index >= 15 is 0 Å². The van der Waals surface area contributed by atoms with E-state index in [4.69, 9.17) is 14.7 Å². The molecule has 4 aromatic rings. The molecule has 9 heteroatoms. The fraction of sp³-hybridized carbons (Fsp3) is 0.273. The van der Waals surface area contributed by atoms with Crippen molar-refractivity contribution in [1.82, 2.24) is 24.5 Å². The molecule has 1 fully saturated rings. The molecule has 31 heavy (non-hydrogen) atoms. The van der Waals surface area contributed by atoms with Crippen molar-refractivity contribution in [2.45, 2.75) is 13.5 Å². The minimum Gasteiger partial charge on any atom is -0.378 e. The second kappa shape index (κ2) is 8.27. The number of nitrogens with zero attached hydrogens (tertiary/aromatic N) is 6. The van der Waals surface area contributed by atoms with Crippen molar-refractivity contribution < 1.29 is 9.13 Å². The third-order valence-corrected chi connectivity index (χ3v) is 5.15. The molecule has 5 rings (SSSR count). The quantitative estimate of drug-likeness (QED) is 0.532. The molecule has 1 aliphatic heterocycles. The maximum absolute atomic E-state index is 13.8. The van der Waals surface area contributed by atoms with Crippen LogP contribution in [0.3, 0.4) is 0 Å². The normalized spacial score (nSPS) is 14.2. The van der Waals surface area contributed by atoms with Gasteiger partial charge in [-0.15, -0.1) is 0 Å². The number of hydrogen-bond acceptors (Lipinski definition) is 7. The standard InChI is InChI=1S/C22H22FN7O/c1-15-4-2-6-17(26-15)13-24-20-19-21(28-22(27-20)29-8-10-31-11-9-29)30(14-25-19)18-7-3-5-16(23)12-18/h2-7,12,14H,8-11,13H2,1H3,(H,24,27,28). The molecule has 0 atom stereocenters. The van der Waals surface area contributed by atoms with Crippen molar-refractivity contribution in [2.24, 2.45) is 0 Å². The topological polar surface area (TPSA) is 81.0 Å². The van der Waals surface area contributed by atoms with Crippen molar-refractivity contribution in [3.05, 3.63) is 66.0 Å². The second-order valence-electron chi connectivity index (χ2n) is 7.36. The minimum atomic E-state index is -0.314. The summed E-state index contributed by atoms with van der Waals surface area (Å²) in [5, 5.41) is 3.37. The number of benzene rings is 1. The second-order valence-corrected chi connectivity index (χ2v) is 7.36. The van der Waals surface area contributed by atoms with Gasteiger partial charge in [0, 0.05) is 18.8 Å². The summed E-state index contributed by atoms with van der Waals surface area (Å²) in [6.07, 6.45) is 1.65. The highest BCUT2D eigenvalue weighted by molar-refractivity contribution is 5.85. The number of morpholine rings is 1. The first-order valence-electron chi connectivity index (χ1n) is 10.2. The molecule has 0 radical (unpaired) electrons. The van der Waals surface area contributed by atoms with E-state index in [0.717, 1.165) is 11.4 Å². The number of fused-ring (bicyclic) bond motifs is 1. The molecule has 0 spiro atoms. The van der Waals surface area contributed by atoms with Crippen molar-refractivity contribution in [3.8, 4) is 5.69 Å². The fourth-order valence-electron chi connectivity index (χ4n) is 3.60. The highest BCUT2D eigenvalue weighted by atomic mass is 19.1. The molecule has 0 amide bonds. The molecule has 1 saturated heterocycles. The number of imidazole rings is 1. The van der Waals surface area contributed by atoms with Gasteiger partial charge in [-0.1, -0.05) is 12.1 Å². The van der Waals surface area contributed by atoms with Gasteiger partial charge in [0.2, 0.25) is 5.95 Å². The van der Waals surface area contributed by atoms with Gasteiger partial charge in [-0.2, -0.15) is 9.97 Å². The maximum Gasteiger partial charge on any atom is 0.229 e. The predicted octanol–water partition coefficient (Wildman–Crippen LogP) is 3.11. The number of aryl methyl sites for hydroxylation is 1. The van der Waals surface area contributed by atoms with Crippen LogP contribution in [0.2, 0.25) is 0 Å². The van der Waals surface area contributed by atoms with Gasteiger partial charge in [0.15, 0.2) is 17.0 Å². The van der Waals surface area contributed by atoms with Gasteiger partial charge in [0.1, 0.15) is 12.1 Å². The summed E-state index contributed by atoms with van der Waals surface area (Å²) >= 11 is 0. The number of aromatic nitrogens is 5. The van der Waals surface area contributed by atoms with E-state index in [-0.39, 0.29) is 5.82 Å². The first-order chi connectivity index (χ1) is 15.2. The van der Waals surface area contributed by atoms with Crippen molar-refractivity contribution in [3.63, 3.8) is 0 Å². The van der Waals surface area contributed by atoms with Gasteiger partial charge in [0.25, 0.3) is 0 Å². The number of anilines is 2. The number of hydrogen-bond donors (Lipinski definition) is 1. The lowest BCUT2D eigenvalue weighted by Gasteiger charge is -2.27. The van der Waals surface area contributed by atoms with Gasteiger partial charge in [-0.05, 0) is 37.3 Å². The van der Waals surface area contributed by atoms with E-state index in [1.165, 1.54) is 12.1 Å². The average Bonchev–Trinajstić information content (AvgIpc) is 3.22. The van der Waals surface area contributed by atoms with Crippen LogP contribution in [0, 0.1) is 12.7 Å². The first-order valence-corrected chi connectivity index (χ1v) is 10.2. The van der Waals surface area contributed by atoms with Crippen LogP contribution in [-0.4, -0.2) is 50.8 Å². The lowest BCUT2D eigenvalue weighted by atomic mass is 10.3. The third kappa shape index (κ3) is 4.04. The monoisotopic (exact) mass is 419 g/mol. The Morgan fingerprint density at radius 2 is 1.90 bits per heavy atom. The molecular formula is C22H22FN7O. The van der Waals surface area contributed by atoms with Crippen LogP contribution < -0.4 is 10.2 Å². The van der Waals surface area contributed by atoms with Crippen LogP contribution in [0.4, 0.5) is 16.2 Å². The summed E-state index contributed by atoms with van der Waals surface area (Å²) in [5.74, 6) is 0.893. The molecule has 0 saturated carbocycles. The molecule has 158 valence electrons. The number of ether oxygens (including phenoxy) is 1. The molecule has 1 N–H and O–H groups in total. The van der Waals surface area contributed by atoms with E-state index in [9.17, 15) is 4.39 Å². The molecular weight excluding hydrogens is 397 g/mol. The lowest BCUT2D eigenvalue weighted by Crippen LogP contribution is -2.37. The highest BCUT2D eigenvalue weighted by Gasteiger charge is 2.20. The molecule has 1 aromatic carbocycles. The Kier molecular flexibility index (Phi) is 5.17. The van der Waals surface area contributed by atoms with Crippen molar-refractivity contribution >= 4 is 22.9 Å². The zero-order valence-electron chi connectivity index (χ0n) is 17.1. The smallest absolute Gasteiger partial charge is 0.229 e. The molecule has 0 bridgehead atoms. The number of rotatable bonds is 5. The van der Waals surface area contributed by atoms with Gasteiger partial charge in [-0.3, -0.25) is 9.55 Å². The summed E-state index contributed by atoms with van der Waals surface area (Å²) < 4.78 is 21.1. The average molecular weight is 419 g/mol. The molecule has 0 aliphatic carbocycles. The van der Waals surface area contributed by atoms with Crippen molar-refractivity contribution in [1.29, 1.82) is 0 Å². The van der Waals surface area contributed by atoms with Crippen LogP contribution in [0.1, 0.15) is 11.4 Å². The van der Waals surface area contributed by atoms with Crippen LogP contribution >= 0.6 is 0 Å². The Bertz CT molecular complexity index is 1220. The van der Waals surface area contributed by atoms with Crippen LogP contribution in [0.5, 0.6) is 0 Å². The lowest BCUT2D eigenvalue weighted by molar-refractivity contribution is 0.122. The van der Waals surface area contributed by atoms with E-state index < -0.39 is 0 Å². The van der Waals surface area contributed by atoms with Crippen LogP contribution in [0.25, 0.3) is 16.9 Å².